The first-order valence-electron chi connectivity index (χ1n) is 9.33. The van der Waals surface area contributed by atoms with Crippen LogP contribution in [0.2, 0.25) is 0 Å². The van der Waals surface area contributed by atoms with Gasteiger partial charge in [0, 0.05) is 12.0 Å². The molecule has 0 unspecified atom stereocenters. The molecule has 0 aromatic heterocycles. The summed E-state index contributed by atoms with van der Waals surface area (Å²) in [6, 6.07) is 11.9. The van der Waals surface area contributed by atoms with Crippen molar-refractivity contribution in [3.63, 3.8) is 0 Å². The van der Waals surface area contributed by atoms with E-state index in [0.29, 0.717) is 42.4 Å². The monoisotopic (exact) mass is 384 g/mol. The number of carbonyl (C=O) groups is 2. The minimum Gasteiger partial charge on any atom is -0.490 e. The topological polar surface area (TPSA) is 71.1 Å². The molecule has 6 nitrogen and oxygen atoms in total. The molecule has 0 N–H and O–H groups in total. The van der Waals surface area contributed by atoms with E-state index in [0.717, 1.165) is 12.0 Å². The van der Waals surface area contributed by atoms with Gasteiger partial charge in [-0.25, -0.2) is 4.79 Å². The summed E-state index contributed by atoms with van der Waals surface area (Å²) >= 11 is 0. The highest BCUT2D eigenvalue weighted by atomic mass is 16.5. The molecule has 0 spiro atoms. The number of ketones is 1. The van der Waals surface area contributed by atoms with Crippen molar-refractivity contribution >= 4 is 11.8 Å². The summed E-state index contributed by atoms with van der Waals surface area (Å²) in [6.45, 7) is 5.20. The smallest absolute Gasteiger partial charge is 0.338 e. The van der Waals surface area contributed by atoms with Gasteiger partial charge in [0.1, 0.15) is 0 Å². The highest BCUT2D eigenvalue weighted by molar-refractivity contribution is 5.99. The second-order valence-electron chi connectivity index (χ2n) is 6.77. The molecule has 2 aromatic carbocycles. The average Bonchev–Trinajstić information content (AvgIpc) is 2.95. The van der Waals surface area contributed by atoms with Gasteiger partial charge in [0.15, 0.2) is 23.9 Å². The van der Waals surface area contributed by atoms with E-state index in [2.05, 4.69) is 0 Å². The van der Waals surface area contributed by atoms with Crippen molar-refractivity contribution in [2.45, 2.75) is 33.0 Å². The van der Waals surface area contributed by atoms with Crippen molar-refractivity contribution in [1.29, 1.82) is 0 Å². The molecule has 2 aromatic rings. The fraction of sp³-hybridized carbons (Fsp3) is 0.364. The number of hydrogen-bond donors (Lipinski definition) is 0. The molecular formula is C22H24O6. The van der Waals surface area contributed by atoms with Gasteiger partial charge in [0.05, 0.1) is 31.5 Å². The summed E-state index contributed by atoms with van der Waals surface area (Å²) in [7, 11) is 0. The molecule has 28 heavy (non-hydrogen) atoms. The molecule has 0 amide bonds. The van der Waals surface area contributed by atoms with Gasteiger partial charge in [-0.3, -0.25) is 4.79 Å². The highest BCUT2D eigenvalue weighted by Gasteiger charge is 2.16. The molecule has 0 fully saturated rings. The van der Waals surface area contributed by atoms with Crippen molar-refractivity contribution in [2.75, 3.05) is 19.8 Å². The Bertz CT molecular complexity index is 825. The van der Waals surface area contributed by atoms with Crippen molar-refractivity contribution < 1.29 is 28.5 Å². The third-order valence-electron chi connectivity index (χ3n) is 4.18. The Balaban J connectivity index is 1.55. The summed E-state index contributed by atoms with van der Waals surface area (Å²) in [5, 5.41) is 0. The molecule has 148 valence electrons. The number of fused-ring (bicyclic) bond motifs is 1. The lowest BCUT2D eigenvalue weighted by molar-refractivity contribution is 0.0474. The van der Waals surface area contributed by atoms with Crippen molar-refractivity contribution in [2.24, 2.45) is 0 Å². The Labute approximate surface area is 164 Å². The number of carbonyl (C=O) groups excluding carboxylic acids is 2. The third-order valence-corrected chi connectivity index (χ3v) is 4.18. The minimum absolute atomic E-state index is 0.139. The molecule has 0 saturated heterocycles. The van der Waals surface area contributed by atoms with Gasteiger partial charge in [-0.2, -0.15) is 0 Å². The van der Waals surface area contributed by atoms with Crippen LogP contribution in [0.5, 0.6) is 11.5 Å². The molecule has 1 aliphatic heterocycles. The second kappa shape index (κ2) is 9.37. The van der Waals surface area contributed by atoms with Crippen LogP contribution in [0.1, 0.15) is 46.5 Å². The number of Topliss-reactive ketones (excluding diaryl/α,β-unsaturated/α-hetero) is 1. The van der Waals surface area contributed by atoms with Crippen LogP contribution in [0, 0.1) is 0 Å². The highest BCUT2D eigenvalue weighted by Crippen LogP contribution is 2.30. The van der Waals surface area contributed by atoms with Crippen LogP contribution in [0.15, 0.2) is 42.5 Å². The zero-order valence-corrected chi connectivity index (χ0v) is 16.1. The quantitative estimate of drug-likeness (QED) is 0.534. The molecule has 0 radical (unpaired) electrons. The van der Waals surface area contributed by atoms with Gasteiger partial charge >= 0.3 is 5.97 Å². The van der Waals surface area contributed by atoms with Gasteiger partial charge < -0.3 is 18.9 Å². The first-order valence-corrected chi connectivity index (χ1v) is 9.33. The largest absolute Gasteiger partial charge is 0.490 e. The van der Waals surface area contributed by atoms with E-state index in [1.165, 1.54) is 0 Å². The second-order valence-corrected chi connectivity index (χ2v) is 6.77. The van der Waals surface area contributed by atoms with E-state index in [1.807, 2.05) is 26.0 Å². The maximum absolute atomic E-state index is 12.4. The Morgan fingerprint density at radius 1 is 0.964 bits per heavy atom. The van der Waals surface area contributed by atoms with Crippen LogP contribution in [0.3, 0.4) is 0 Å². The number of benzene rings is 2. The molecule has 0 aliphatic carbocycles. The normalized spacial score (nSPS) is 13.1. The van der Waals surface area contributed by atoms with E-state index in [-0.39, 0.29) is 18.5 Å². The van der Waals surface area contributed by atoms with Gasteiger partial charge in [-0.05, 0) is 49.7 Å². The van der Waals surface area contributed by atoms with E-state index in [4.69, 9.17) is 18.9 Å². The van der Waals surface area contributed by atoms with Crippen LogP contribution >= 0.6 is 0 Å². The molecule has 3 rings (SSSR count). The SMILES string of the molecule is CC(C)OCc1ccc(C(=O)OCC(=O)c2ccc3c(c2)OCCCO3)cc1. The maximum Gasteiger partial charge on any atom is 0.338 e. The number of rotatable bonds is 7. The van der Waals surface area contributed by atoms with Crippen LogP contribution in [-0.4, -0.2) is 37.7 Å². The molecule has 0 atom stereocenters. The molecule has 1 aliphatic rings. The standard InChI is InChI=1S/C22H24O6/c1-15(2)27-13-16-4-6-17(7-5-16)22(24)28-14-19(23)18-8-9-20-21(12-18)26-11-3-10-25-20/h4-9,12,15H,3,10-11,13-14H2,1-2H3. The van der Waals surface area contributed by atoms with Crippen molar-refractivity contribution in [1.82, 2.24) is 0 Å². The third kappa shape index (κ3) is 5.33. The fourth-order valence-electron chi connectivity index (χ4n) is 2.63. The van der Waals surface area contributed by atoms with Crippen molar-refractivity contribution in [3.8, 4) is 11.5 Å². The summed E-state index contributed by atoms with van der Waals surface area (Å²) < 4.78 is 21.8. The molecule has 0 bridgehead atoms. The van der Waals surface area contributed by atoms with E-state index in [9.17, 15) is 9.59 Å². The van der Waals surface area contributed by atoms with Gasteiger partial charge in [-0.15, -0.1) is 0 Å². The number of ether oxygens (including phenoxy) is 4. The lowest BCUT2D eigenvalue weighted by Crippen LogP contribution is -2.14. The summed E-state index contributed by atoms with van der Waals surface area (Å²) in [5.41, 5.74) is 1.77. The summed E-state index contributed by atoms with van der Waals surface area (Å²) in [4.78, 5) is 24.6. The Hall–Kier alpha value is -2.86. The van der Waals surface area contributed by atoms with E-state index >= 15 is 0 Å². The van der Waals surface area contributed by atoms with Gasteiger partial charge in [-0.1, -0.05) is 12.1 Å². The van der Waals surface area contributed by atoms with Gasteiger partial charge in [0.25, 0.3) is 0 Å². The molecule has 6 heteroatoms. The Kier molecular flexibility index (Phi) is 6.66. The Morgan fingerprint density at radius 2 is 1.64 bits per heavy atom. The number of esters is 1. The average molecular weight is 384 g/mol. The number of hydrogen-bond acceptors (Lipinski definition) is 6. The Morgan fingerprint density at radius 3 is 2.36 bits per heavy atom. The summed E-state index contributed by atoms with van der Waals surface area (Å²) in [6.07, 6.45) is 0.929. The first kappa shape index (κ1) is 19.9. The molecule has 1 heterocycles. The van der Waals surface area contributed by atoms with Crippen LogP contribution in [0.25, 0.3) is 0 Å². The molecular weight excluding hydrogens is 360 g/mol. The van der Waals surface area contributed by atoms with E-state index in [1.54, 1.807) is 30.3 Å². The van der Waals surface area contributed by atoms with Crippen LogP contribution < -0.4 is 9.47 Å². The van der Waals surface area contributed by atoms with Crippen molar-refractivity contribution in [3.05, 3.63) is 59.2 Å². The van der Waals surface area contributed by atoms with Gasteiger partial charge in [0.2, 0.25) is 0 Å². The molecule has 0 saturated carbocycles. The van der Waals surface area contributed by atoms with Crippen LogP contribution in [0.4, 0.5) is 0 Å². The predicted octanol–water partition coefficient (Wildman–Crippen LogP) is 3.81. The maximum atomic E-state index is 12.4. The lowest BCUT2D eigenvalue weighted by atomic mass is 10.1. The zero-order chi connectivity index (χ0) is 19.9. The predicted molar refractivity (Wildman–Crippen MR) is 103 cm³/mol. The fourth-order valence-corrected chi connectivity index (χ4v) is 2.63. The minimum atomic E-state index is -0.543. The van der Waals surface area contributed by atoms with E-state index < -0.39 is 5.97 Å². The zero-order valence-electron chi connectivity index (χ0n) is 16.1. The first-order chi connectivity index (χ1) is 13.5. The lowest BCUT2D eigenvalue weighted by Gasteiger charge is -2.10. The summed E-state index contributed by atoms with van der Waals surface area (Å²) in [5.74, 6) is 0.312. The van der Waals surface area contributed by atoms with Crippen LogP contribution in [-0.2, 0) is 16.1 Å².